The second-order valence-corrected chi connectivity index (χ2v) is 7.51. The Labute approximate surface area is 150 Å². The van der Waals surface area contributed by atoms with Crippen molar-refractivity contribution in [1.29, 1.82) is 0 Å². The molecule has 1 aromatic heterocycles. The van der Waals surface area contributed by atoms with Gasteiger partial charge in [-0.05, 0) is 45.1 Å². The number of likely N-dealkylation sites (tertiary alicyclic amines) is 1. The summed E-state index contributed by atoms with van der Waals surface area (Å²) in [5.41, 5.74) is 0. The minimum atomic E-state index is 0.518. The van der Waals surface area contributed by atoms with E-state index in [1.165, 1.54) is 25.9 Å². The van der Waals surface area contributed by atoms with Crippen LogP contribution in [0.25, 0.3) is 0 Å². The van der Waals surface area contributed by atoms with Gasteiger partial charge < -0.3 is 20.0 Å². The SMILES string of the molecule is CSCCN=C(NCCc1ccco1)NC1CCN(C(C)C)CC1. The van der Waals surface area contributed by atoms with Crippen molar-refractivity contribution in [2.75, 3.05) is 38.2 Å². The first kappa shape index (κ1) is 19.2. The molecule has 136 valence electrons. The fourth-order valence-electron chi connectivity index (χ4n) is 2.91. The zero-order chi connectivity index (χ0) is 17.2. The Kier molecular flexibility index (Phi) is 8.53. The lowest BCUT2D eigenvalue weighted by molar-refractivity contribution is 0.167. The molecule has 2 N–H and O–H groups in total. The Morgan fingerprint density at radius 2 is 2.21 bits per heavy atom. The van der Waals surface area contributed by atoms with E-state index in [2.05, 4.69) is 35.6 Å². The fourth-order valence-corrected chi connectivity index (χ4v) is 3.19. The van der Waals surface area contributed by atoms with Gasteiger partial charge in [0.2, 0.25) is 0 Å². The molecule has 0 aromatic carbocycles. The molecule has 0 saturated carbocycles. The van der Waals surface area contributed by atoms with Crippen LogP contribution >= 0.6 is 11.8 Å². The highest BCUT2D eigenvalue weighted by Crippen LogP contribution is 2.12. The second-order valence-electron chi connectivity index (χ2n) is 6.53. The van der Waals surface area contributed by atoms with Crippen LogP contribution in [0.1, 0.15) is 32.4 Å². The number of nitrogens with one attached hydrogen (secondary N) is 2. The molecule has 5 nitrogen and oxygen atoms in total. The van der Waals surface area contributed by atoms with Crippen molar-refractivity contribution in [3.05, 3.63) is 24.2 Å². The summed E-state index contributed by atoms with van der Waals surface area (Å²) < 4.78 is 5.39. The third-order valence-electron chi connectivity index (χ3n) is 4.41. The Hall–Kier alpha value is -1.14. The van der Waals surface area contributed by atoms with E-state index < -0.39 is 0 Å². The minimum absolute atomic E-state index is 0.518. The van der Waals surface area contributed by atoms with E-state index in [4.69, 9.17) is 9.41 Å². The van der Waals surface area contributed by atoms with Crippen molar-refractivity contribution in [3.63, 3.8) is 0 Å². The predicted octanol–water partition coefficient (Wildman–Crippen LogP) is 2.59. The first-order chi connectivity index (χ1) is 11.7. The first-order valence-corrected chi connectivity index (χ1v) is 10.4. The molecule has 1 aliphatic rings. The van der Waals surface area contributed by atoms with Gasteiger partial charge in [-0.25, -0.2) is 0 Å². The number of guanidine groups is 1. The molecule has 2 heterocycles. The second kappa shape index (κ2) is 10.7. The maximum atomic E-state index is 5.39. The van der Waals surface area contributed by atoms with Crippen molar-refractivity contribution in [1.82, 2.24) is 15.5 Å². The van der Waals surface area contributed by atoms with Crippen molar-refractivity contribution in [2.24, 2.45) is 4.99 Å². The van der Waals surface area contributed by atoms with Gasteiger partial charge in [-0.3, -0.25) is 4.99 Å². The highest BCUT2D eigenvalue weighted by Gasteiger charge is 2.21. The number of hydrogen-bond acceptors (Lipinski definition) is 4. The lowest BCUT2D eigenvalue weighted by Crippen LogP contribution is -2.50. The van der Waals surface area contributed by atoms with Crippen molar-refractivity contribution in [2.45, 2.75) is 45.2 Å². The molecule has 6 heteroatoms. The van der Waals surface area contributed by atoms with Crippen LogP contribution in [0.3, 0.4) is 0 Å². The Balaban J connectivity index is 1.78. The number of hydrogen-bond donors (Lipinski definition) is 2. The molecule has 2 rings (SSSR count). The topological polar surface area (TPSA) is 52.8 Å². The van der Waals surface area contributed by atoms with Gasteiger partial charge in [0.1, 0.15) is 5.76 Å². The van der Waals surface area contributed by atoms with Crippen molar-refractivity contribution < 1.29 is 4.42 Å². The van der Waals surface area contributed by atoms with Crippen LogP contribution in [0.5, 0.6) is 0 Å². The molecule has 0 amide bonds. The summed E-state index contributed by atoms with van der Waals surface area (Å²) >= 11 is 1.83. The summed E-state index contributed by atoms with van der Waals surface area (Å²) in [6.07, 6.45) is 7.08. The largest absolute Gasteiger partial charge is 0.469 e. The lowest BCUT2D eigenvalue weighted by Gasteiger charge is -2.35. The predicted molar refractivity (Wildman–Crippen MR) is 104 cm³/mol. The summed E-state index contributed by atoms with van der Waals surface area (Å²) in [6.45, 7) is 8.57. The summed E-state index contributed by atoms with van der Waals surface area (Å²) in [5, 5.41) is 7.08. The van der Waals surface area contributed by atoms with E-state index in [1.54, 1.807) is 6.26 Å². The fraction of sp³-hybridized carbons (Fsp3) is 0.722. The monoisotopic (exact) mass is 352 g/mol. The molecule has 1 saturated heterocycles. The van der Waals surface area contributed by atoms with Crippen molar-refractivity contribution in [3.8, 4) is 0 Å². The highest BCUT2D eigenvalue weighted by atomic mass is 32.2. The number of rotatable bonds is 8. The smallest absolute Gasteiger partial charge is 0.191 e. The Morgan fingerprint density at radius 3 is 2.83 bits per heavy atom. The molecule has 0 unspecified atom stereocenters. The summed E-state index contributed by atoms with van der Waals surface area (Å²) in [6, 6.07) is 5.11. The molecule has 0 aliphatic carbocycles. The molecule has 0 spiro atoms. The van der Waals surface area contributed by atoms with Gasteiger partial charge in [-0.1, -0.05) is 0 Å². The highest BCUT2D eigenvalue weighted by molar-refractivity contribution is 7.98. The van der Waals surface area contributed by atoms with Gasteiger partial charge in [-0.15, -0.1) is 0 Å². The van der Waals surface area contributed by atoms with E-state index in [1.807, 2.05) is 23.9 Å². The standard InChI is InChI=1S/C18H32N4OS/c1-15(2)22-11-7-16(8-12-22)21-18(20-10-14-24-3)19-9-6-17-5-4-13-23-17/h4-5,13,15-16H,6-12,14H2,1-3H3,(H2,19,20,21). The van der Waals surface area contributed by atoms with Crippen LogP contribution in [0, 0.1) is 0 Å². The molecular formula is C18H32N4OS. The van der Waals surface area contributed by atoms with Crippen LogP contribution in [0.2, 0.25) is 0 Å². The third kappa shape index (κ3) is 6.77. The number of furan rings is 1. The number of thioether (sulfide) groups is 1. The van der Waals surface area contributed by atoms with Crippen molar-refractivity contribution >= 4 is 17.7 Å². The molecule has 0 bridgehead atoms. The van der Waals surface area contributed by atoms with Crippen LogP contribution in [0.15, 0.2) is 27.8 Å². The summed E-state index contributed by atoms with van der Waals surface area (Å²) in [5.74, 6) is 3.01. The van der Waals surface area contributed by atoms with Crippen LogP contribution in [0.4, 0.5) is 0 Å². The Bertz CT molecular complexity index is 467. The molecule has 1 aliphatic heterocycles. The van der Waals surface area contributed by atoms with Gasteiger partial charge in [-0.2, -0.15) is 11.8 Å². The number of aliphatic imine (C=N–C) groups is 1. The van der Waals surface area contributed by atoms with Crippen LogP contribution in [-0.4, -0.2) is 61.1 Å². The third-order valence-corrected chi connectivity index (χ3v) is 5.00. The molecule has 1 fully saturated rings. The van der Waals surface area contributed by atoms with E-state index in [-0.39, 0.29) is 0 Å². The molecule has 0 radical (unpaired) electrons. The average Bonchev–Trinajstić information content (AvgIpc) is 3.09. The minimum Gasteiger partial charge on any atom is -0.469 e. The maximum absolute atomic E-state index is 5.39. The van der Waals surface area contributed by atoms with E-state index >= 15 is 0 Å². The molecular weight excluding hydrogens is 320 g/mol. The number of piperidine rings is 1. The molecule has 24 heavy (non-hydrogen) atoms. The first-order valence-electron chi connectivity index (χ1n) is 8.99. The van der Waals surface area contributed by atoms with Gasteiger partial charge >= 0.3 is 0 Å². The summed E-state index contributed by atoms with van der Waals surface area (Å²) in [7, 11) is 0. The summed E-state index contributed by atoms with van der Waals surface area (Å²) in [4.78, 5) is 7.26. The van der Waals surface area contributed by atoms with Gasteiger partial charge in [0.05, 0.1) is 12.8 Å². The number of nitrogens with zero attached hydrogens (tertiary/aromatic N) is 2. The molecule has 0 atom stereocenters. The van der Waals surface area contributed by atoms with Crippen LogP contribution in [-0.2, 0) is 6.42 Å². The van der Waals surface area contributed by atoms with E-state index in [9.17, 15) is 0 Å². The van der Waals surface area contributed by atoms with E-state index in [0.717, 1.165) is 37.0 Å². The van der Waals surface area contributed by atoms with Crippen LogP contribution < -0.4 is 10.6 Å². The zero-order valence-corrected chi connectivity index (χ0v) is 16.1. The van der Waals surface area contributed by atoms with Gasteiger partial charge in [0.25, 0.3) is 0 Å². The van der Waals surface area contributed by atoms with Gasteiger partial charge in [0, 0.05) is 43.9 Å². The quantitative estimate of drug-likeness (QED) is 0.428. The average molecular weight is 353 g/mol. The Morgan fingerprint density at radius 1 is 1.42 bits per heavy atom. The lowest BCUT2D eigenvalue weighted by atomic mass is 10.0. The maximum Gasteiger partial charge on any atom is 0.191 e. The normalized spacial score (nSPS) is 17.4. The molecule has 1 aromatic rings. The zero-order valence-electron chi connectivity index (χ0n) is 15.3. The van der Waals surface area contributed by atoms with E-state index in [0.29, 0.717) is 12.1 Å². The van der Waals surface area contributed by atoms with Gasteiger partial charge in [0.15, 0.2) is 5.96 Å².